The highest BCUT2D eigenvalue weighted by Crippen LogP contribution is 2.29. The summed E-state index contributed by atoms with van der Waals surface area (Å²) < 4.78 is 10.0. The number of carbonyl (C=O) groups excluding carboxylic acids is 1. The molecule has 1 rings (SSSR count). The lowest BCUT2D eigenvalue weighted by Gasteiger charge is -2.20. The van der Waals surface area contributed by atoms with Crippen LogP contribution in [0.25, 0.3) is 0 Å². The normalized spacial score (nSPS) is 12.3. The Labute approximate surface area is 113 Å². The number of nitrogens with one attached hydrogen (secondary N) is 1. The van der Waals surface area contributed by atoms with Crippen molar-refractivity contribution in [3.8, 4) is 11.5 Å². The number of carbonyl (C=O) groups is 1. The van der Waals surface area contributed by atoms with Gasteiger partial charge in [-0.2, -0.15) is 0 Å². The summed E-state index contributed by atoms with van der Waals surface area (Å²) in [7, 11) is 1.48. The van der Waals surface area contributed by atoms with Gasteiger partial charge in [0.15, 0.2) is 11.5 Å². The number of hydrogen-bond acceptors (Lipinski definition) is 5. The number of benzene rings is 1. The molecule has 0 radical (unpaired) electrons. The standard InChI is InChI=1S/C14H21NO4/c1-5-19-14(17)13(15-9(2)3)10-6-7-12(18-4)11(16)8-10/h6-9,13,15-16H,5H2,1-4H3. The third-order valence-electron chi connectivity index (χ3n) is 2.56. The third kappa shape index (κ3) is 4.13. The van der Waals surface area contributed by atoms with Crippen LogP contribution in [-0.4, -0.2) is 30.8 Å². The van der Waals surface area contributed by atoms with Gasteiger partial charge in [-0.3, -0.25) is 5.32 Å². The molecular formula is C14H21NO4. The van der Waals surface area contributed by atoms with E-state index in [2.05, 4.69) is 5.32 Å². The Hall–Kier alpha value is -1.75. The summed E-state index contributed by atoms with van der Waals surface area (Å²) in [4.78, 5) is 11.9. The number of methoxy groups -OCH3 is 1. The van der Waals surface area contributed by atoms with Gasteiger partial charge in [-0.1, -0.05) is 6.07 Å². The molecule has 0 heterocycles. The van der Waals surface area contributed by atoms with Crippen LogP contribution < -0.4 is 10.1 Å². The Morgan fingerprint density at radius 2 is 2.11 bits per heavy atom. The van der Waals surface area contributed by atoms with Crippen LogP contribution >= 0.6 is 0 Å². The van der Waals surface area contributed by atoms with E-state index in [1.165, 1.54) is 13.2 Å². The van der Waals surface area contributed by atoms with Gasteiger partial charge in [0.05, 0.1) is 13.7 Å². The highest BCUT2D eigenvalue weighted by Gasteiger charge is 2.23. The molecule has 0 fully saturated rings. The summed E-state index contributed by atoms with van der Waals surface area (Å²) >= 11 is 0. The van der Waals surface area contributed by atoms with Gasteiger partial charge in [0, 0.05) is 6.04 Å². The zero-order chi connectivity index (χ0) is 14.4. The maximum Gasteiger partial charge on any atom is 0.327 e. The molecule has 19 heavy (non-hydrogen) atoms. The topological polar surface area (TPSA) is 67.8 Å². The van der Waals surface area contributed by atoms with Gasteiger partial charge in [0.25, 0.3) is 0 Å². The van der Waals surface area contributed by atoms with Crippen molar-refractivity contribution in [2.75, 3.05) is 13.7 Å². The molecule has 0 saturated heterocycles. The van der Waals surface area contributed by atoms with Crippen LogP contribution in [0.15, 0.2) is 18.2 Å². The number of hydrogen-bond donors (Lipinski definition) is 2. The lowest BCUT2D eigenvalue weighted by molar-refractivity contribution is -0.146. The molecule has 0 saturated carbocycles. The highest BCUT2D eigenvalue weighted by atomic mass is 16.5. The molecule has 106 valence electrons. The van der Waals surface area contributed by atoms with E-state index in [-0.39, 0.29) is 17.8 Å². The lowest BCUT2D eigenvalue weighted by Crippen LogP contribution is -2.34. The lowest BCUT2D eigenvalue weighted by atomic mass is 10.1. The van der Waals surface area contributed by atoms with E-state index in [1.807, 2.05) is 13.8 Å². The van der Waals surface area contributed by atoms with Crippen molar-refractivity contribution in [3.05, 3.63) is 23.8 Å². The summed E-state index contributed by atoms with van der Waals surface area (Å²) in [5.41, 5.74) is 0.644. The molecule has 1 atom stereocenters. The van der Waals surface area contributed by atoms with Crippen molar-refractivity contribution in [2.24, 2.45) is 0 Å². The van der Waals surface area contributed by atoms with Crippen molar-refractivity contribution in [1.82, 2.24) is 5.32 Å². The molecule has 0 aromatic heterocycles. The zero-order valence-corrected chi connectivity index (χ0v) is 11.8. The average Bonchev–Trinajstić information content (AvgIpc) is 2.36. The summed E-state index contributed by atoms with van der Waals surface area (Å²) in [6.45, 7) is 5.96. The minimum Gasteiger partial charge on any atom is -0.504 e. The van der Waals surface area contributed by atoms with Crippen molar-refractivity contribution in [1.29, 1.82) is 0 Å². The smallest absolute Gasteiger partial charge is 0.327 e. The summed E-state index contributed by atoms with van der Waals surface area (Å²) in [6.07, 6.45) is 0. The Balaban J connectivity index is 3.03. The monoisotopic (exact) mass is 267 g/mol. The van der Waals surface area contributed by atoms with Gasteiger partial charge in [0.2, 0.25) is 0 Å². The first-order chi connectivity index (χ1) is 8.99. The van der Waals surface area contributed by atoms with Gasteiger partial charge in [-0.05, 0) is 38.5 Å². The second-order valence-electron chi connectivity index (χ2n) is 4.44. The fourth-order valence-electron chi connectivity index (χ4n) is 1.75. The van der Waals surface area contributed by atoms with E-state index in [0.717, 1.165) is 0 Å². The van der Waals surface area contributed by atoms with Crippen molar-refractivity contribution in [2.45, 2.75) is 32.9 Å². The van der Waals surface area contributed by atoms with E-state index < -0.39 is 6.04 Å². The van der Waals surface area contributed by atoms with E-state index in [0.29, 0.717) is 17.9 Å². The number of phenols is 1. The van der Waals surface area contributed by atoms with Crippen LogP contribution in [0.4, 0.5) is 0 Å². The summed E-state index contributed by atoms with van der Waals surface area (Å²) in [5.74, 6) is 0.0107. The molecular weight excluding hydrogens is 246 g/mol. The second-order valence-corrected chi connectivity index (χ2v) is 4.44. The number of phenolic OH excluding ortho intramolecular Hbond substituents is 1. The Bertz CT molecular complexity index is 431. The van der Waals surface area contributed by atoms with Crippen LogP contribution in [0.5, 0.6) is 11.5 Å². The molecule has 0 aliphatic rings. The van der Waals surface area contributed by atoms with Gasteiger partial charge in [-0.15, -0.1) is 0 Å². The minimum atomic E-state index is -0.600. The predicted octanol–water partition coefficient (Wildman–Crippen LogP) is 2.00. The third-order valence-corrected chi connectivity index (χ3v) is 2.56. The molecule has 2 N–H and O–H groups in total. The Kier molecular flexibility index (Phi) is 5.63. The van der Waals surface area contributed by atoms with Crippen LogP contribution in [0, 0.1) is 0 Å². The summed E-state index contributed by atoms with van der Waals surface area (Å²) in [6, 6.07) is 4.37. The maximum atomic E-state index is 11.9. The fraction of sp³-hybridized carbons (Fsp3) is 0.500. The SMILES string of the molecule is CCOC(=O)C(NC(C)C)c1ccc(OC)c(O)c1. The molecule has 0 amide bonds. The van der Waals surface area contributed by atoms with Crippen LogP contribution in [0.1, 0.15) is 32.4 Å². The van der Waals surface area contributed by atoms with Gasteiger partial charge < -0.3 is 14.6 Å². The summed E-state index contributed by atoms with van der Waals surface area (Å²) in [5, 5.41) is 12.9. The van der Waals surface area contributed by atoms with Crippen LogP contribution in [0.2, 0.25) is 0 Å². The largest absolute Gasteiger partial charge is 0.504 e. The van der Waals surface area contributed by atoms with E-state index in [4.69, 9.17) is 9.47 Å². The molecule has 5 heteroatoms. The molecule has 1 aromatic carbocycles. The van der Waals surface area contributed by atoms with Gasteiger partial charge >= 0.3 is 5.97 Å². The molecule has 1 aromatic rings. The molecule has 0 spiro atoms. The van der Waals surface area contributed by atoms with E-state index in [9.17, 15) is 9.90 Å². The molecule has 1 unspecified atom stereocenters. The quantitative estimate of drug-likeness (QED) is 0.772. The fourth-order valence-corrected chi connectivity index (χ4v) is 1.75. The minimum absolute atomic E-state index is 0.000135. The molecule has 0 aliphatic carbocycles. The first kappa shape index (κ1) is 15.3. The van der Waals surface area contributed by atoms with Gasteiger partial charge in [-0.25, -0.2) is 4.79 Å². The number of esters is 1. The predicted molar refractivity (Wildman–Crippen MR) is 72.3 cm³/mol. The highest BCUT2D eigenvalue weighted by molar-refractivity contribution is 5.78. The second kappa shape index (κ2) is 6.99. The molecule has 0 bridgehead atoms. The number of rotatable bonds is 6. The van der Waals surface area contributed by atoms with Crippen molar-refractivity contribution in [3.63, 3.8) is 0 Å². The molecule has 5 nitrogen and oxygen atoms in total. The average molecular weight is 267 g/mol. The first-order valence-electron chi connectivity index (χ1n) is 6.29. The van der Waals surface area contributed by atoms with Crippen molar-refractivity contribution >= 4 is 5.97 Å². The van der Waals surface area contributed by atoms with Crippen molar-refractivity contribution < 1.29 is 19.4 Å². The Morgan fingerprint density at radius 1 is 1.42 bits per heavy atom. The van der Waals surface area contributed by atoms with Gasteiger partial charge in [0.1, 0.15) is 6.04 Å². The Morgan fingerprint density at radius 3 is 2.58 bits per heavy atom. The van der Waals surface area contributed by atoms with Crippen LogP contribution in [0.3, 0.4) is 0 Å². The molecule has 0 aliphatic heterocycles. The van der Waals surface area contributed by atoms with E-state index >= 15 is 0 Å². The van der Waals surface area contributed by atoms with E-state index in [1.54, 1.807) is 19.1 Å². The maximum absolute atomic E-state index is 11.9. The van der Waals surface area contributed by atoms with Crippen LogP contribution in [-0.2, 0) is 9.53 Å². The number of aromatic hydroxyl groups is 1. The first-order valence-corrected chi connectivity index (χ1v) is 6.29. The zero-order valence-electron chi connectivity index (χ0n) is 11.8. The number of ether oxygens (including phenoxy) is 2.